The van der Waals surface area contributed by atoms with Crippen LogP contribution in [0.1, 0.15) is 58.6 Å². The van der Waals surface area contributed by atoms with E-state index in [1.165, 1.54) is 23.1 Å². The molecule has 1 atom stereocenters. The summed E-state index contributed by atoms with van der Waals surface area (Å²) < 4.78 is 0. The molecule has 0 spiro atoms. The first-order valence-electron chi connectivity index (χ1n) is 6.75. The van der Waals surface area contributed by atoms with Crippen molar-refractivity contribution in [2.24, 2.45) is 5.92 Å². The fourth-order valence-corrected chi connectivity index (χ4v) is 1.70. The van der Waals surface area contributed by atoms with Gasteiger partial charge in [0.05, 0.1) is 0 Å². The van der Waals surface area contributed by atoms with Crippen LogP contribution in [-0.2, 0) is 6.42 Å². The molecule has 0 aromatic heterocycles. The zero-order valence-electron chi connectivity index (χ0n) is 12.4. The molecule has 0 aliphatic carbocycles. The molecule has 0 radical (unpaired) electrons. The highest BCUT2D eigenvalue weighted by molar-refractivity contribution is 5.29. The summed E-state index contributed by atoms with van der Waals surface area (Å²) in [5, 5.41) is 0. The molecule has 1 aromatic carbocycles. The normalized spacial score (nSPS) is 11.7. The van der Waals surface area contributed by atoms with Crippen molar-refractivity contribution in [1.82, 2.24) is 0 Å². The lowest BCUT2D eigenvalue weighted by Crippen LogP contribution is -1.97. The lowest BCUT2D eigenvalue weighted by Gasteiger charge is -2.12. The van der Waals surface area contributed by atoms with Crippen LogP contribution in [0.5, 0.6) is 0 Å². The van der Waals surface area contributed by atoms with Gasteiger partial charge in [0.25, 0.3) is 0 Å². The van der Waals surface area contributed by atoms with Crippen molar-refractivity contribution in [3.63, 3.8) is 0 Å². The lowest BCUT2D eigenvalue weighted by atomic mass is 9.93. The van der Waals surface area contributed by atoms with Gasteiger partial charge in [0, 0.05) is 5.92 Å². The molecular formula is C17H28. The Bertz CT molecular complexity index is 316. The van der Waals surface area contributed by atoms with Crippen LogP contribution in [0.25, 0.3) is 0 Å². The van der Waals surface area contributed by atoms with Crippen molar-refractivity contribution in [3.05, 3.63) is 47.5 Å². The van der Waals surface area contributed by atoms with Crippen LogP contribution >= 0.6 is 0 Å². The van der Waals surface area contributed by atoms with Gasteiger partial charge in [-0.15, -0.1) is 0 Å². The fourth-order valence-electron chi connectivity index (χ4n) is 1.70. The molecule has 0 heterocycles. The van der Waals surface area contributed by atoms with Crippen LogP contribution in [0.3, 0.4) is 0 Å². The van der Waals surface area contributed by atoms with E-state index in [0.29, 0.717) is 5.92 Å². The Balaban J connectivity index is 0.00000121. The van der Waals surface area contributed by atoms with E-state index >= 15 is 0 Å². The number of hydrogen-bond donors (Lipinski definition) is 0. The molecule has 17 heavy (non-hydrogen) atoms. The third-order valence-electron chi connectivity index (χ3n) is 2.86. The molecule has 0 N–H and O–H groups in total. The summed E-state index contributed by atoms with van der Waals surface area (Å²) in [5.74, 6) is 1.20. The molecule has 0 amide bonds. The highest BCUT2D eigenvalue weighted by Crippen LogP contribution is 2.22. The maximum Gasteiger partial charge on any atom is 0.00143 e. The van der Waals surface area contributed by atoms with Gasteiger partial charge < -0.3 is 0 Å². The standard InChI is InChI=1S/C15H22.C2H6/c1-11(2)10-14-6-8-15(9-7-14)13(5)12(3)4;1-2/h6-9,11,13H,3,10H2,1-2,4-5H3;1-2H3. The highest BCUT2D eigenvalue weighted by atomic mass is 14.1. The van der Waals surface area contributed by atoms with E-state index in [-0.39, 0.29) is 0 Å². The van der Waals surface area contributed by atoms with Crippen molar-refractivity contribution in [1.29, 1.82) is 0 Å². The molecular weight excluding hydrogens is 204 g/mol. The van der Waals surface area contributed by atoms with Gasteiger partial charge in [-0.2, -0.15) is 0 Å². The molecule has 0 heteroatoms. The van der Waals surface area contributed by atoms with E-state index in [0.717, 1.165) is 5.92 Å². The molecule has 0 saturated carbocycles. The summed E-state index contributed by atoms with van der Waals surface area (Å²) in [5.41, 5.74) is 4.03. The summed E-state index contributed by atoms with van der Waals surface area (Å²) in [6.07, 6.45) is 1.17. The molecule has 0 saturated heterocycles. The Morgan fingerprint density at radius 2 is 1.53 bits per heavy atom. The van der Waals surface area contributed by atoms with Gasteiger partial charge in [-0.25, -0.2) is 0 Å². The van der Waals surface area contributed by atoms with Gasteiger partial charge in [-0.3, -0.25) is 0 Å². The van der Waals surface area contributed by atoms with Crippen molar-refractivity contribution in [2.45, 2.75) is 53.9 Å². The molecule has 0 aliphatic heterocycles. The van der Waals surface area contributed by atoms with E-state index in [2.05, 4.69) is 58.5 Å². The van der Waals surface area contributed by atoms with Gasteiger partial charge in [-0.1, -0.05) is 71.0 Å². The molecule has 1 unspecified atom stereocenters. The topological polar surface area (TPSA) is 0 Å². The van der Waals surface area contributed by atoms with Crippen LogP contribution in [0.2, 0.25) is 0 Å². The van der Waals surface area contributed by atoms with E-state index in [1.807, 2.05) is 13.8 Å². The van der Waals surface area contributed by atoms with Gasteiger partial charge in [0.1, 0.15) is 0 Å². The average Bonchev–Trinajstić information content (AvgIpc) is 2.31. The van der Waals surface area contributed by atoms with Crippen molar-refractivity contribution in [2.75, 3.05) is 0 Å². The average molecular weight is 232 g/mol. The monoisotopic (exact) mass is 232 g/mol. The molecule has 1 aromatic rings. The predicted octanol–water partition coefficient (Wildman–Crippen LogP) is 5.59. The first-order chi connectivity index (χ1) is 8.00. The maximum atomic E-state index is 4.00. The molecule has 0 nitrogen and oxygen atoms in total. The Morgan fingerprint density at radius 3 is 1.88 bits per heavy atom. The first kappa shape index (κ1) is 16.0. The van der Waals surface area contributed by atoms with Crippen molar-refractivity contribution >= 4 is 0 Å². The minimum Gasteiger partial charge on any atom is -0.0995 e. The number of hydrogen-bond acceptors (Lipinski definition) is 0. The summed E-state index contributed by atoms with van der Waals surface area (Å²) in [6, 6.07) is 8.96. The number of rotatable bonds is 4. The zero-order valence-corrected chi connectivity index (χ0v) is 12.4. The quantitative estimate of drug-likeness (QED) is 0.593. The number of allylic oxidation sites excluding steroid dienone is 1. The van der Waals surface area contributed by atoms with E-state index in [1.54, 1.807) is 0 Å². The second-order valence-corrected chi connectivity index (χ2v) is 4.91. The van der Waals surface area contributed by atoms with Crippen LogP contribution in [0, 0.1) is 5.92 Å². The molecule has 1 rings (SSSR count). The van der Waals surface area contributed by atoms with E-state index in [4.69, 9.17) is 0 Å². The minimum absolute atomic E-state index is 0.470. The predicted molar refractivity (Wildman–Crippen MR) is 79.6 cm³/mol. The third-order valence-corrected chi connectivity index (χ3v) is 2.86. The van der Waals surface area contributed by atoms with Crippen LogP contribution < -0.4 is 0 Å². The third kappa shape index (κ3) is 5.72. The Morgan fingerprint density at radius 1 is 1.06 bits per heavy atom. The lowest BCUT2D eigenvalue weighted by molar-refractivity contribution is 0.647. The maximum absolute atomic E-state index is 4.00. The second-order valence-electron chi connectivity index (χ2n) is 4.91. The van der Waals surface area contributed by atoms with Gasteiger partial charge in [0.15, 0.2) is 0 Å². The largest absolute Gasteiger partial charge is 0.0995 e. The van der Waals surface area contributed by atoms with Crippen LogP contribution in [-0.4, -0.2) is 0 Å². The summed E-state index contributed by atoms with van der Waals surface area (Å²) in [7, 11) is 0. The highest BCUT2D eigenvalue weighted by Gasteiger charge is 2.05. The first-order valence-corrected chi connectivity index (χ1v) is 6.75. The molecule has 0 aliphatic rings. The Labute approximate surface area is 108 Å². The zero-order chi connectivity index (χ0) is 13.4. The summed E-state index contributed by atoms with van der Waals surface area (Å²) >= 11 is 0. The molecule has 0 fully saturated rings. The summed E-state index contributed by atoms with van der Waals surface area (Å²) in [6.45, 7) is 16.8. The second kappa shape index (κ2) is 8.11. The van der Waals surface area contributed by atoms with Gasteiger partial charge in [-0.05, 0) is 30.4 Å². The van der Waals surface area contributed by atoms with E-state index < -0.39 is 0 Å². The fraction of sp³-hybridized carbons (Fsp3) is 0.529. The SMILES string of the molecule is C=C(C)C(C)c1ccc(CC(C)C)cc1.CC. The Hall–Kier alpha value is -1.04. The summed E-state index contributed by atoms with van der Waals surface area (Å²) in [4.78, 5) is 0. The Kier molecular flexibility index (Phi) is 7.61. The number of benzene rings is 1. The minimum atomic E-state index is 0.470. The van der Waals surface area contributed by atoms with E-state index in [9.17, 15) is 0 Å². The smallest absolute Gasteiger partial charge is 0.00143 e. The van der Waals surface area contributed by atoms with Gasteiger partial charge in [0.2, 0.25) is 0 Å². The molecule has 0 bridgehead atoms. The van der Waals surface area contributed by atoms with Crippen molar-refractivity contribution < 1.29 is 0 Å². The van der Waals surface area contributed by atoms with Gasteiger partial charge >= 0.3 is 0 Å². The molecule has 96 valence electrons. The van der Waals surface area contributed by atoms with Crippen LogP contribution in [0.4, 0.5) is 0 Å². The van der Waals surface area contributed by atoms with Crippen LogP contribution in [0.15, 0.2) is 36.4 Å². The van der Waals surface area contributed by atoms with Crippen molar-refractivity contribution in [3.8, 4) is 0 Å².